The minimum atomic E-state index is -0.605. The third-order valence-corrected chi connectivity index (χ3v) is 4.39. The van der Waals surface area contributed by atoms with Crippen LogP contribution in [-0.2, 0) is 9.53 Å². The molecule has 0 radical (unpaired) electrons. The molecule has 4 heteroatoms. The average molecular weight is 255 g/mol. The first kappa shape index (κ1) is 13.8. The summed E-state index contributed by atoms with van der Waals surface area (Å²) < 4.78 is 5.65. The molecule has 1 N–H and O–H groups in total. The zero-order chi connectivity index (χ0) is 13.0. The molecule has 1 saturated carbocycles. The lowest BCUT2D eigenvalue weighted by atomic mass is 9.82. The van der Waals surface area contributed by atoms with Crippen LogP contribution in [0.2, 0.25) is 0 Å². The van der Waals surface area contributed by atoms with Crippen LogP contribution >= 0.6 is 0 Å². The summed E-state index contributed by atoms with van der Waals surface area (Å²) in [4.78, 5) is 13.7. The van der Waals surface area contributed by atoms with Crippen molar-refractivity contribution in [1.82, 2.24) is 4.90 Å². The monoisotopic (exact) mass is 255 g/mol. The van der Waals surface area contributed by atoms with Gasteiger partial charge in [0.25, 0.3) is 0 Å². The Morgan fingerprint density at radius 2 is 1.89 bits per heavy atom. The number of aliphatic carboxylic acids is 1. The molecule has 104 valence electrons. The number of nitrogens with zero attached hydrogens (tertiary/aromatic N) is 1. The summed E-state index contributed by atoms with van der Waals surface area (Å²) >= 11 is 0. The van der Waals surface area contributed by atoms with Crippen LogP contribution in [0.3, 0.4) is 0 Å². The van der Waals surface area contributed by atoms with Gasteiger partial charge in [0.2, 0.25) is 0 Å². The summed E-state index contributed by atoms with van der Waals surface area (Å²) in [5.74, 6) is -0.756. The number of carboxylic acid groups (broad SMARTS) is 1. The molecule has 1 aliphatic carbocycles. The lowest BCUT2D eigenvalue weighted by Crippen LogP contribution is -2.49. The van der Waals surface area contributed by atoms with E-state index >= 15 is 0 Å². The van der Waals surface area contributed by atoms with Crippen LogP contribution in [0.15, 0.2) is 0 Å². The van der Waals surface area contributed by atoms with Crippen molar-refractivity contribution < 1.29 is 14.6 Å². The summed E-state index contributed by atoms with van der Waals surface area (Å²) in [6.07, 6.45) is 6.65. The van der Waals surface area contributed by atoms with E-state index in [9.17, 15) is 9.90 Å². The third kappa shape index (κ3) is 3.23. The van der Waals surface area contributed by atoms with Crippen LogP contribution in [0.4, 0.5) is 0 Å². The number of hydrogen-bond donors (Lipinski definition) is 1. The van der Waals surface area contributed by atoms with E-state index in [2.05, 4.69) is 4.90 Å². The van der Waals surface area contributed by atoms with Crippen LogP contribution in [0.1, 0.15) is 45.4 Å². The van der Waals surface area contributed by atoms with Gasteiger partial charge in [0.15, 0.2) is 0 Å². The topological polar surface area (TPSA) is 49.8 Å². The average Bonchev–Trinajstić information content (AvgIpc) is 2.40. The van der Waals surface area contributed by atoms with E-state index in [0.717, 1.165) is 51.8 Å². The van der Waals surface area contributed by atoms with E-state index in [1.807, 2.05) is 6.92 Å². The molecule has 2 fully saturated rings. The lowest BCUT2D eigenvalue weighted by Gasteiger charge is -2.41. The second kappa shape index (κ2) is 6.53. The summed E-state index contributed by atoms with van der Waals surface area (Å²) in [5, 5.41) is 9.32. The van der Waals surface area contributed by atoms with Crippen molar-refractivity contribution in [2.24, 2.45) is 5.92 Å². The van der Waals surface area contributed by atoms with Gasteiger partial charge in [-0.2, -0.15) is 0 Å². The van der Waals surface area contributed by atoms with Gasteiger partial charge in [-0.1, -0.05) is 12.8 Å². The van der Waals surface area contributed by atoms with Gasteiger partial charge in [-0.05, 0) is 32.6 Å². The maximum absolute atomic E-state index is 11.3. The molecule has 18 heavy (non-hydrogen) atoms. The van der Waals surface area contributed by atoms with Gasteiger partial charge < -0.3 is 9.84 Å². The van der Waals surface area contributed by atoms with Gasteiger partial charge >= 0.3 is 5.97 Å². The number of likely N-dealkylation sites (tertiary alicyclic amines) is 1. The normalized spacial score (nSPS) is 31.4. The molecule has 0 spiro atoms. The van der Waals surface area contributed by atoms with E-state index in [1.54, 1.807) is 0 Å². The molecule has 0 aromatic rings. The lowest BCUT2D eigenvalue weighted by molar-refractivity contribution is -0.146. The van der Waals surface area contributed by atoms with Gasteiger partial charge in [-0.3, -0.25) is 9.69 Å². The number of ether oxygens (including phenoxy) is 1. The second-order valence-corrected chi connectivity index (χ2v) is 5.49. The zero-order valence-electron chi connectivity index (χ0n) is 11.3. The highest BCUT2D eigenvalue weighted by atomic mass is 16.5. The minimum Gasteiger partial charge on any atom is -0.481 e. The Hall–Kier alpha value is -0.610. The Kier molecular flexibility index (Phi) is 5.01. The van der Waals surface area contributed by atoms with Crippen molar-refractivity contribution in [3.8, 4) is 0 Å². The fraction of sp³-hybridized carbons (Fsp3) is 0.929. The minimum absolute atomic E-state index is 0.151. The molecule has 4 nitrogen and oxygen atoms in total. The molecular weight excluding hydrogens is 230 g/mol. The Balaban J connectivity index is 1.88. The fourth-order valence-corrected chi connectivity index (χ4v) is 3.45. The quantitative estimate of drug-likeness (QED) is 0.836. The molecule has 0 bridgehead atoms. The molecule has 2 rings (SSSR count). The van der Waals surface area contributed by atoms with Gasteiger partial charge in [-0.25, -0.2) is 0 Å². The van der Waals surface area contributed by atoms with Crippen molar-refractivity contribution in [2.45, 2.75) is 57.6 Å². The molecule has 2 atom stereocenters. The molecule has 1 aliphatic heterocycles. The second-order valence-electron chi connectivity index (χ2n) is 5.49. The van der Waals surface area contributed by atoms with Gasteiger partial charge in [0.05, 0.1) is 12.0 Å². The molecule has 1 heterocycles. The number of piperidine rings is 1. The van der Waals surface area contributed by atoms with Crippen molar-refractivity contribution in [3.63, 3.8) is 0 Å². The van der Waals surface area contributed by atoms with E-state index < -0.39 is 5.97 Å². The van der Waals surface area contributed by atoms with Crippen LogP contribution in [-0.4, -0.2) is 47.8 Å². The number of carbonyl (C=O) groups is 1. The highest BCUT2D eigenvalue weighted by molar-refractivity contribution is 5.71. The maximum Gasteiger partial charge on any atom is 0.308 e. The van der Waals surface area contributed by atoms with Gasteiger partial charge in [0.1, 0.15) is 0 Å². The molecule has 1 saturated heterocycles. The van der Waals surface area contributed by atoms with Gasteiger partial charge in [0, 0.05) is 25.7 Å². The van der Waals surface area contributed by atoms with Crippen molar-refractivity contribution >= 4 is 5.97 Å². The first-order valence-electron chi connectivity index (χ1n) is 7.30. The molecule has 2 aliphatic rings. The SMILES string of the molecule is CCOC1CCN(C2CCCCC2C(=O)O)CC1. The number of carboxylic acids is 1. The first-order valence-corrected chi connectivity index (χ1v) is 7.30. The Labute approximate surface area is 109 Å². The smallest absolute Gasteiger partial charge is 0.308 e. The van der Waals surface area contributed by atoms with E-state index in [0.29, 0.717) is 6.10 Å². The van der Waals surface area contributed by atoms with Crippen molar-refractivity contribution in [2.75, 3.05) is 19.7 Å². The van der Waals surface area contributed by atoms with Crippen LogP contribution in [0.25, 0.3) is 0 Å². The Morgan fingerprint density at radius 3 is 2.50 bits per heavy atom. The van der Waals surface area contributed by atoms with Crippen molar-refractivity contribution in [3.05, 3.63) is 0 Å². The number of rotatable bonds is 4. The Bertz CT molecular complexity index is 274. The summed E-state index contributed by atoms with van der Waals surface area (Å²) in [5.41, 5.74) is 0. The van der Waals surface area contributed by atoms with E-state index in [4.69, 9.17) is 4.74 Å². The van der Waals surface area contributed by atoms with E-state index in [-0.39, 0.29) is 12.0 Å². The highest BCUT2D eigenvalue weighted by Crippen LogP contribution is 2.30. The molecule has 0 aromatic carbocycles. The Morgan fingerprint density at radius 1 is 1.22 bits per heavy atom. The summed E-state index contributed by atoms with van der Waals surface area (Å²) in [6, 6.07) is 0.263. The van der Waals surface area contributed by atoms with Crippen LogP contribution in [0, 0.1) is 5.92 Å². The number of hydrogen-bond acceptors (Lipinski definition) is 3. The first-order chi connectivity index (χ1) is 8.72. The van der Waals surface area contributed by atoms with Crippen LogP contribution < -0.4 is 0 Å². The predicted octanol–water partition coefficient (Wildman–Crippen LogP) is 2.13. The fourth-order valence-electron chi connectivity index (χ4n) is 3.45. The predicted molar refractivity (Wildman–Crippen MR) is 69.6 cm³/mol. The zero-order valence-corrected chi connectivity index (χ0v) is 11.3. The van der Waals surface area contributed by atoms with E-state index in [1.165, 1.54) is 6.42 Å². The summed E-state index contributed by atoms with van der Waals surface area (Å²) in [6.45, 7) is 4.82. The molecule has 0 amide bonds. The molecule has 0 aromatic heterocycles. The highest BCUT2D eigenvalue weighted by Gasteiger charge is 2.36. The molecule has 2 unspecified atom stereocenters. The maximum atomic E-state index is 11.3. The standard InChI is InChI=1S/C14H25NO3/c1-2-18-11-7-9-15(10-8-11)13-6-4-3-5-12(13)14(16)17/h11-13H,2-10H2,1H3,(H,16,17). The van der Waals surface area contributed by atoms with Crippen LogP contribution in [0.5, 0.6) is 0 Å². The van der Waals surface area contributed by atoms with Crippen molar-refractivity contribution in [1.29, 1.82) is 0 Å². The molecular formula is C14H25NO3. The third-order valence-electron chi connectivity index (χ3n) is 4.39. The summed E-state index contributed by atoms with van der Waals surface area (Å²) in [7, 11) is 0. The largest absolute Gasteiger partial charge is 0.481 e. The van der Waals surface area contributed by atoms with Gasteiger partial charge in [-0.15, -0.1) is 0 Å².